The summed E-state index contributed by atoms with van der Waals surface area (Å²) in [6.45, 7) is 5.12. The summed E-state index contributed by atoms with van der Waals surface area (Å²) < 4.78 is 0. The average molecular weight is 253 g/mol. The van der Waals surface area contributed by atoms with Crippen LogP contribution < -0.4 is 5.32 Å². The standard InChI is InChI=1S/C14H27N3O/c1-16(2)11-12-5-9-17(10-6-12)14(18)13-3-7-15-8-4-13/h12-13,15H,3-11H2,1-2H3. The molecule has 0 spiro atoms. The van der Waals surface area contributed by atoms with Gasteiger partial charge < -0.3 is 15.1 Å². The molecule has 0 saturated carbocycles. The molecule has 2 rings (SSSR count). The van der Waals surface area contributed by atoms with Gasteiger partial charge in [0, 0.05) is 25.6 Å². The number of nitrogens with zero attached hydrogens (tertiary/aromatic N) is 2. The Balaban J connectivity index is 1.76. The van der Waals surface area contributed by atoms with Crippen molar-refractivity contribution in [1.82, 2.24) is 15.1 Å². The van der Waals surface area contributed by atoms with E-state index < -0.39 is 0 Å². The van der Waals surface area contributed by atoms with Crippen LogP contribution >= 0.6 is 0 Å². The van der Waals surface area contributed by atoms with Gasteiger partial charge in [-0.05, 0) is 58.8 Å². The van der Waals surface area contributed by atoms with Gasteiger partial charge in [0.05, 0.1) is 0 Å². The Morgan fingerprint density at radius 3 is 2.33 bits per heavy atom. The van der Waals surface area contributed by atoms with E-state index >= 15 is 0 Å². The van der Waals surface area contributed by atoms with Crippen molar-refractivity contribution in [3.8, 4) is 0 Å². The molecule has 0 unspecified atom stereocenters. The van der Waals surface area contributed by atoms with Crippen molar-refractivity contribution in [3.05, 3.63) is 0 Å². The van der Waals surface area contributed by atoms with Gasteiger partial charge in [0.2, 0.25) is 5.91 Å². The minimum atomic E-state index is 0.289. The third kappa shape index (κ3) is 3.69. The minimum absolute atomic E-state index is 0.289. The normalized spacial score (nSPS) is 23.6. The monoisotopic (exact) mass is 253 g/mol. The second-order valence-electron chi connectivity index (χ2n) is 6.06. The number of carbonyl (C=O) groups is 1. The first-order valence-electron chi connectivity index (χ1n) is 7.31. The molecule has 2 fully saturated rings. The van der Waals surface area contributed by atoms with Gasteiger partial charge in [0.25, 0.3) is 0 Å². The Hall–Kier alpha value is -0.610. The first kappa shape index (κ1) is 13.8. The molecule has 4 heteroatoms. The number of rotatable bonds is 3. The van der Waals surface area contributed by atoms with Crippen LogP contribution in [-0.2, 0) is 4.79 Å². The molecule has 2 saturated heterocycles. The van der Waals surface area contributed by atoms with Gasteiger partial charge in [-0.3, -0.25) is 4.79 Å². The summed E-state index contributed by atoms with van der Waals surface area (Å²) in [6, 6.07) is 0. The van der Waals surface area contributed by atoms with E-state index in [1.54, 1.807) is 0 Å². The third-order valence-corrected chi connectivity index (χ3v) is 4.24. The summed E-state index contributed by atoms with van der Waals surface area (Å²) >= 11 is 0. The van der Waals surface area contributed by atoms with E-state index in [1.807, 2.05) is 0 Å². The molecule has 0 aromatic carbocycles. The summed E-state index contributed by atoms with van der Waals surface area (Å²) in [5, 5.41) is 3.32. The largest absolute Gasteiger partial charge is 0.342 e. The number of likely N-dealkylation sites (tertiary alicyclic amines) is 1. The summed E-state index contributed by atoms with van der Waals surface area (Å²) in [4.78, 5) is 16.7. The van der Waals surface area contributed by atoms with Crippen molar-refractivity contribution >= 4 is 5.91 Å². The average Bonchev–Trinajstić information content (AvgIpc) is 2.39. The predicted octanol–water partition coefficient (Wildman–Crippen LogP) is 0.786. The Kier molecular flexibility index (Phi) is 5.01. The molecule has 2 aliphatic rings. The molecule has 0 aromatic heterocycles. The van der Waals surface area contributed by atoms with Crippen molar-refractivity contribution in [2.24, 2.45) is 11.8 Å². The zero-order valence-electron chi connectivity index (χ0n) is 11.8. The van der Waals surface area contributed by atoms with Crippen molar-refractivity contribution in [2.45, 2.75) is 25.7 Å². The van der Waals surface area contributed by atoms with Crippen LogP contribution in [0.2, 0.25) is 0 Å². The van der Waals surface area contributed by atoms with Gasteiger partial charge in [-0.1, -0.05) is 0 Å². The number of amides is 1. The van der Waals surface area contributed by atoms with Crippen LogP contribution in [0.5, 0.6) is 0 Å². The number of nitrogens with one attached hydrogen (secondary N) is 1. The molecule has 0 radical (unpaired) electrons. The maximum atomic E-state index is 12.4. The summed E-state index contributed by atoms with van der Waals surface area (Å²) in [7, 11) is 4.26. The maximum absolute atomic E-state index is 12.4. The summed E-state index contributed by atoms with van der Waals surface area (Å²) in [6.07, 6.45) is 4.40. The van der Waals surface area contributed by atoms with E-state index in [0.29, 0.717) is 5.91 Å². The quantitative estimate of drug-likeness (QED) is 0.807. The van der Waals surface area contributed by atoms with Gasteiger partial charge in [-0.25, -0.2) is 0 Å². The first-order valence-corrected chi connectivity index (χ1v) is 7.31. The van der Waals surface area contributed by atoms with E-state index in [9.17, 15) is 4.79 Å². The van der Waals surface area contributed by atoms with Gasteiger partial charge in [-0.15, -0.1) is 0 Å². The molecule has 0 bridgehead atoms. The number of piperidine rings is 2. The van der Waals surface area contributed by atoms with Crippen LogP contribution in [0.4, 0.5) is 0 Å². The molecule has 0 aromatic rings. The SMILES string of the molecule is CN(C)CC1CCN(C(=O)C2CCNCC2)CC1. The van der Waals surface area contributed by atoms with Crippen LogP contribution in [0.3, 0.4) is 0 Å². The topological polar surface area (TPSA) is 35.6 Å². The summed E-state index contributed by atoms with van der Waals surface area (Å²) in [5.74, 6) is 1.48. The molecule has 0 atom stereocenters. The molecule has 104 valence electrons. The Morgan fingerprint density at radius 2 is 1.78 bits per heavy atom. The lowest BCUT2D eigenvalue weighted by Gasteiger charge is -2.36. The van der Waals surface area contributed by atoms with Crippen molar-refractivity contribution < 1.29 is 4.79 Å². The Labute approximate surface area is 111 Å². The fourth-order valence-corrected chi connectivity index (χ4v) is 3.18. The summed E-state index contributed by atoms with van der Waals surface area (Å²) in [5.41, 5.74) is 0. The third-order valence-electron chi connectivity index (χ3n) is 4.24. The molecule has 4 nitrogen and oxygen atoms in total. The fourth-order valence-electron chi connectivity index (χ4n) is 3.18. The van der Waals surface area contributed by atoms with Crippen molar-refractivity contribution in [1.29, 1.82) is 0 Å². The van der Waals surface area contributed by atoms with Gasteiger partial charge in [0.1, 0.15) is 0 Å². The smallest absolute Gasteiger partial charge is 0.225 e. The van der Waals surface area contributed by atoms with E-state index in [1.165, 1.54) is 12.8 Å². The van der Waals surface area contributed by atoms with Crippen LogP contribution in [-0.4, -0.2) is 62.5 Å². The van der Waals surface area contributed by atoms with Crippen molar-refractivity contribution in [2.75, 3.05) is 46.8 Å². The molecule has 1 N–H and O–H groups in total. The highest BCUT2D eigenvalue weighted by molar-refractivity contribution is 5.79. The fraction of sp³-hybridized carbons (Fsp3) is 0.929. The van der Waals surface area contributed by atoms with Gasteiger partial charge in [-0.2, -0.15) is 0 Å². The Bertz CT molecular complexity index is 266. The molecule has 18 heavy (non-hydrogen) atoms. The highest BCUT2D eigenvalue weighted by Gasteiger charge is 2.28. The van der Waals surface area contributed by atoms with Crippen LogP contribution in [0.1, 0.15) is 25.7 Å². The number of hydrogen-bond donors (Lipinski definition) is 1. The molecule has 0 aliphatic carbocycles. The molecule has 2 heterocycles. The van der Waals surface area contributed by atoms with Crippen molar-refractivity contribution in [3.63, 3.8) is 0 Å². The number of carbonyl (C=O) groups excluding carboxylic acids is 1. The maximum Gasteiger partial charge on any atom is 0.225 e. The highest BCUT2D eigenvalue weighted by atomic mass is 16.2. The van der Waals surface area contributed by atoms with E-state index in [-0.39, 0.29) is 5.92 Å². The lowest BCUT2D eigenvalue weighted by molar-refractivity contribution is -0.137. The minimum Gasteiger partial charge on any atom is -0.342 e. The number of hydrogen-bond acceptors (Lipinski definition) is 3. The molecule has 2 aliphatic heterocycles. The second kappa shape index (κ2) is 6.53. The van der Waals surface area contributed by atoms with E-state index in [0.717, 1.165) is 51.5 Å². The van der Waals surface area contributed by atoms with Crippen LogP contribution in [0.25, 0.3) is 0 Å². The van der Waals surface area contributed by atoms with E-state index in [4.69, 9.17) is 0 Å². The molecular formula is C14H27N3O. The molecular weight excluding hydrogens is 226 g/mol. The molecule has 1 amide bonds. The van der Waals surface area contributed by atoms with Crippen LogP contribution in [0.15, 0.2) is 0 Å². The zero-order valence-corrected chi connectivity index (χ0v) is 11.8. The predicted molar refractivity (Wildman–Crippen MR) is 73.5 cm³/mol. The van der Waals surface area contributed by atoms with Gasteiger partial charge >= 0.3 is 0 Å². The van der Waals surface area contributed by atoms with Crippen LogP contribution in [0, 0.1) is 11.8 Å². The highest BCUT2D eigenvalue weighted by Crippen LogP contribution is 2.22. The van der Waals surface area contributed by atoms with Gasteiger partial charge in [0.15, 0.2) is 0 Å². The first-order chi connectivity index (χ1) is 8.66. The lowest BCUT2D eigenvalue weighted by atomic mass is 9.92. The lowest BCUT2D eigenvalue weighted by Crippen LogP contribution is -2.45. The second-order valence-corrected chi connectivity index (χ2v) is 6.06. The van der Waals surface area contributed by atoms with E-state index in [2.05, 4.69) is 29.2 Å². The Morgan fingerprint density at radius 1 is 1.17 bits per heavy atom. The zero-order chi connectivity index (χ0) is 13.0.